The van der Waals surface area contributed by atoms with Gasteiger partial charge in [0.15, 0.2) is 0 Å². The lowest BCUT2D eigenvalue weighted by Crippen LogP contribution is -2.31. The largest absolute Gasteiger partial charge is 0.392 e. The van der Waals surface area contributed by atoms with Gasteiger partial charge in [0.2, 0.25) is 0 Å². The molecule has 0 saturated heterocycles. The monoisotopic (exact) mass is 231 g/mol. The lowest BCUT2D eigenvalue weighted by atomic mass is 10.3. The number of carbonyl (C=O) groups is 1. The van der Waals surface area contributed by atoms with Crippen LogP contribution in [0.15, 0.2) is 30.5 Å². The molecule has 1 heterocycles. The third-order valence-corrected chi connectivity index (χ3v) is 2.24. The average molecular weight is 231 g/mol. The van der Waals surface area contributed by atoms with Gasteiger partial charge in [0, 0.05) is 6.54 Å². The van der Waals surface area contributed by atoms with Crippen LogP contribution in [0.2, 0.25) is 0 Å². The molecule has 0 saturated carbocycles. The summed E-state index contributed by atoms with van der Waals surface area (Å²) < 4.78 is 0. The zero-order chi connectivity index (χ0) is 12.3. The zero-order valence-corrected chi connectivity index (χ0v) is 9.42. The van der Waals surface area contributed by atoms with E-state index in [1.807, 2.05) is 18.2 Å². The highest BCUT2D eigenvalue weighted by Gasteiger charge is 2.09. The molecule has 0 aliphatic carbocycles. The lowest BCUT2D eigenvalue weighted by molar-refractivity contribution is 0.0919. The predicted octanol–water partition coefficient (Wildman–Crippen LogP) is 0.740. The summed E-state index contributed by atoms with van der Waals surface area (Å²) in [4.78, 5) is 20.0. The Labute approximate surface area is 98.5 Å². The maximum Gasteiger partial charge on any atom is 0.271 e. The first-order chi connectivity index (χ1) is 8.16. The maximum atomic E-state index is 11.7. The van der Waals surface area contributed by atoms with Crippen molar-refractivity contribution < 1.29 is 9.90 Å². The highest BCUT2D eigenvalue weighted by Crippen LogP contribution is 2.08. The molecule has 0 aliphatic heterocycles. The van der Waals surface area contributed by atoms with Crippen LogP contribution in [0.4, 0.5) is 0 Å². The number of rotatable bonds is 3. The van der Waals surface area contributed by atoms with E-state index >= 15 is 0 Å². The van der Waals surface area contributed by atoms with E-state index in [0.29, 0.717) is 5.52 Å². The Hall–Kier alpha value is -2.01. The fourth-order valence-electron chi connectivity index (χ4n) is 1.40. The fourth-order valence-corrected chi connectivity index (χ4v) is 1.40. The van der Waals surface area contributed by atoms with Gasteiger partial charge in [-0.15, -0.1) is 0 Å². The van der Waals surface area contributed by atoms with Crippen LogP contribution >= 0.6 is 0 Å². The van der Waals surface area contributed by atoms with E-state index in [4.69, 9.17) is 5.11 Å². The first-order valence-electron chi connectivity index (χ1n) is 5.35. The summed E-state index contributed by atoms with van der Waals surface area (Å²) in [5.74, 6) is -0.329. The van der Waals surface area contributed by atoms with Gasteiger partial charge in [-0.3, -0.25) is 9.78 Å². The van der Waals surface area contributed by atoms with E-state index in [0.717, 1.165) is 5.52 Å². The minimum Gasteiger partial charge on any atom is -0.392 e. The van der Waals surface area contributed by atoms with Crippen molar-refractivity contribution in [3.63, 3.8) is 0 Å². The summed E-state index contributed by atoms with van der Waals surface area (Å²) in [5, 5.41) is 11.6. The van der Waals surface area contributed by atoms with Crippen molar-refractivity contribution in [1.29, 1.82) is 0 Å². The summed E-state index contributed by atoms with van der Waals surface area (Å²) in [5.41, 5.74) is 1.68. The number of nitrogens with zero attached hydrogens (tertiary/aromatic N) is 2. The van der Waals surface area contributed by atoms with Crippen molar-refractivity contribution in [3.8, 4) is 0 Å². The first kappa shape index (κ1) is 11.5. The number of nitrogens with one attached hydrogen (secondary N) is 1. The average Bonchev–Trinajstić information content (AvgIpc) is 2.35. The molecule has 2 N–H and O–H groups in total. The van der Waals surface area contributed by atoms with Gasteiger partial charge in [0.1, 0.15) is 5.69 Å². The van der Waals surface area contributed by atoms with E-state index in [-0.39, 0.29) is 18.1 Å². The topological polar surface area (TPSA) is 75.1 Å². The van der Waals surface area contributed by atoms with Crippen molar-refractivity contribution in [2.45, 2.75) is 13.0 Å². The van der Waals surface area contributed by atoms with Crippen LogP contribution in [0, 0.1) is 0 Å². The normalized spacial score (nSPS) is 12.4. The second-order valence-corrected chi connectivity index (χ2v) is 3.80. The van der Waals surface area contributed by atoms with Crippen LogP contribution in [0.25, 0.3) is 11.0 Å². The number of fused-ring (bicyclic) bond motifs is 1. The summed E-state index contributed by atoms with van der Waals surface area (Å²) >= 11 is 0. The lowest BCUT2D eigenvalue weighted by Gasteiger charge is -2.06. The number of hydrogen-bond donors (Lipinski definition) is 2. The molecule has 5 nitrogen and oxygen atoms in total. The number of benzene rings is 1. The van der Waals surface area contributed by atoms with Crippen molar-refractivity contribution >= 4 is 16.9 Å². The molecule has 2 rings (SSSR count). The molecule has 0 aliphatic rings. The Morgan fingerprint density at radius 1 is 1.41 bits per heavy atom. The Morgan fingerprint density at radius 2 is 2.12 bits per heavy atom. The summed E-state index contributed by atoms with van der Waals surface area (Å²) in [6.07, 6.45) is 0.854. The van der Waals surface area contributed by atoms with E-state index in [2.05, 4.69) is 15.3 Å². The molecule has 5 heteroatoms. The molecule has 1 aromatic heterocycles. The Bertz CT molecular complexity index is 540. The van der Waals surface area contributed by atoms with Crippen molar-refractivity contribution in [2.75, 3.05) is 6.54 Å². The highest BCUT2D eigenvalue weighted by molar-refractivity contribution is 5.93. The standard InChI is InChI=1S/C12H13N3O2/c1-8(16)6-14-12(17)11-7-13-9-4-2-3-5-10(9)15-11/h2-5,7-8,16H,6H2,1H3,(H,14,17). The van der Waals surface area contributed by atoms with Crippen LogP contribution < -0.4 is 5.32 Å². The van der Waals surface area contributed by atoms with Gasteiger partial charge in [0.05, 0.1) is 23.3 Å². The summed E-state index contributed by atoms with van der Waals surface area (Å²) in [7, 11) is 0. The molecule has 1 unspecified atom stereocenters. The number of aliphatic hydroxyl groups is 1. The summed E-state index contributed by atoms with van der Waals surface area (Å²) in [6, 6.07) is 7.34. The predicted molar refractivity (Wildman–Crippen MR) is 63.6 cm³/mol. The zero-order valence-electron chi connectivity index (χ0n) is 9.42. The number of aliphatic hydroxyl groups excluding tert-OH is 1. The summed E-state index contributed by atoms with van der Waals surface area (Å²) in [6.45, 7) is 1.81. The third-order valence-electron chi connectivity index (χ3n) is 2.24. The molecule has 1 atom stereocenters. The maximum absolute atomic E-state index is 11.7. The fraction of sp³-hybridized carbons (Fsp3) is 0.250. The van der Waals surface area contributed by atoms with E-state index in [1.165, 1.54) is 6.20 Å². The van der Waals surface area contributed by atoms with E-state index < -0.39 is 6.10 Å². The minimum atomic E-state index is -0.577. The van der Waals surface area contributed by atoms with Crippen LogP contribution in [0.1, 0.15) is 17.4 Å². The van der Waals surface area contributed by atoms with Gasteiger partial charge < -0.3 is 10.4 Å². The van der Waals surface area contributed by atoms with E-state index in [1.54, 1.807) is 13.0 Å². The molecule has 1 amide bonds. The Kier molecular flexibility index (Phi) is 3.30. The van der Waals surface area contributed by atoms with E-state index in [9.17, 15) is 4.79 Å². The van der Waals surface area contributed by atoms with Crippen LogP contribution in [0.5, 0.6) is 0 Å². The second kappa shape index (κ2) is 4.88. The van der Waals surface area contributed by atoms with Crippen LogP contribution in [-0.4, -0.2) is 33.6 Å². The number of aromatic nitrogens is 2. The van der Waals surface area contributed by atoms with Gasteiger partial charge >= 0.3 is 0 Å². The highest BCUT2D eigenvalue weighted by atomic mass is 16.3. The van der Waals surface area contributed by atoms with Gasteiger partial charge in [0.25, 0.3) is 5.91 Å². The van der Waals surface area contributed by atoms with Crippen molar-refractivity contribution in [3.05, 3.63) is 36.2 Å². The smallest absolute Gasteiger partial charge is 0.271 e. The van der Waals surface area contributed by atoms with Crippen molar-refractivity contribution in [1.82, 2.24) is 15.3 Å². The molecule has 1 aromatic carbocycles. The molecular weight excluding hydrogens is 218 g/mol. The second-order valence-electron chi connectivity index (χ2n) is 3.80. The molecule has 2 aromatic rings. The number of hydrogen-bond acceptors (Lipinski definition) is 4. The molecule has 88 valence electrons. The van der Waals surface area contributed by atoms with Gasteiger partial charge in [-0.1, -0.05) is 12.1 Å². The Morgan fingerprint density at radius 3 is 2.82 bits per heavy atom. The molecule has 0 spiro atoms. The SMILES string of the molecule is CC(O)CNC(=O)c1cnc2ccccc2n1. The molecular formula is C12H13N3O2. The van der Waals surface area contributed by atoms with Gasteiger partial charge in [-0.2, -0.15) is 0 Å². The number of amides is 1. The molecule has 0 fully saturated rings. The van der Waals surface area contributed by atoms with Crippen molar-refractivity contribution in [2.24, 2.45) is 0 Å². The molecule has 0 bridgehead atoms. The number of carbonyl (C=O) groups excluding carboxylic acids is 1. The quantitative estimate of drug-likeness (QED) is 0.817. The first-order valence-corrected chi connectivity index (χ1v) is 5.35. The van der Waals surface area contributed by atoms with Gasteiger partial charge in [-0.05, 0) is 19.1 Å². The third kappa shape index (κ3) is 2.76. The molecule has 17 heavy (non-hydrogen) atoms. The number of para-hydroxylation sites is 2. The van der Waals surface area contributed by atoms with Crippen LogP contribution in [0.3, 0.4) is 0 Å². The molecule has 0 radical (unpaired) electrons. The van der Waals surface area contributed by atoms with Gasteiger partial charge in [-0.25, -0.2) is 4.98 Å². The van der Waals surface area contributed by atoms with Crippen LogP contribution in [-0.2, 0) is 0 Å². The Balaban J connectivity index is 2.21. The minimum absolute atomic E-state index is 0.202.